The van der Waals surface area contributed by atoms with Crippen LogP contribution in [0.4, 0.5) is 5.69 Å². The number of fused-ring (bicyclic) bond motifs is 4. The van der Waals surface area contributed by atoms with E-state index in [4.69, 9.17) is 25.8 Å². The Balaban J connectivity index is 1.23. The Morgan fingerprint density at radius 2 is 1.94 bits per heavy atom. The second-order valence-electron chi connectivity index (χ2n) is 15.0. The Labute approximate surface area is 300 Å². The van der Waals surface area contributed by atoms with Gasteiger partial charge >= 0.3 is 0 Å². The summed E-state index contributed by atoms with van der Waals surface area (Å²) in [6.45, 7) is 6.47. The molecule has 50 heavy (non-hydrogen) atoms. The monoisotopic (exact) mass is 725 g/mol. The number of sulfonamides is 1. The first-order chi connectivity index (χ1) is 24.0. The van der Waals surface area contributed by atoms with Gasteiger partial charge < -0.3 is 24.0 Å². The lowest BCUT2D eigenvalue weighted by Crippen LogP contribution is -2.55. The Morgan fingerprint density at radius 3 is 2.70 bits per heavy atom. The molecule has 6 atom stereocenters. The number of hydrogen-bond acceptors (Lipinski definition) is 8. The van der Waals surface area contributed by atoms with Crippen molar-refractivity contribution in [2.75, 3.05) is 51.4 Å². The zero-order valence-electron chi connectivity index (χ0n) is 29.1. The number of nitrogens with zero attached hydrogens (tertiary/aromatic N) is 2. The van der Waals surface area contributed by atoms with E-state index in [-0.39, 0.29) is 53.5 Å². The van der Waals surface area contributed by atoms with Crippen LogP contribution in [-0.4, -0.2) is 89.1 Å². The summed E-state index contributed by atoms with van der Waals surface area (Å²) in [6.07, 6.45) is 9.13. The van der Waals surface area contributed by atoms with E-state index < -0.39 is 21.2 Å². The molecule has 0 aromatic heterocycles. The third kappa shape index (κ3) is 6.90. The molecule has 2 aromatic carbocycles. The third-order valence-electron chi connectivity index (χ3n) is 11.9. The topological polar surface area (TPSA) is 114 Å². The second kappa shape index (κ2) is 14.1. The first kappa shape index (κ1) is 35.3. The zero-order valence-corrected chi connectivity index (χ0v) is 30.7. The maximum atomic E-state index is 13.5. The van der Waals surface area contributed by atoms with Crippen molar-refractivity contribution in [1.29, 1.82) is 0 Å². The number of methoxy groups -OCH3 is 1. The highest BCUT2D eigenvalue weighted by atomic mass is 35.5. The molecule has 1 spiro atoms. The Hall–Kier alpha value is -3.12. The Bertz CT molecular complexity index is 1760. The van der Waals surface area contributed by atoms with E-state index in [9.17, 15) is 18.0 Å². The van der Waals surface area contributed by atoms with Gasteiger partial charge in [-0.25, -0.2) is 13.1 Å². The minimum absolute atomic E-state index is 0.0206. The Kier molecular flexibility index (Phi) is 9.97. The molecule has 1 N–H and O–H groups in total. The molecule has 1 saturated carbocycles. The van der Waals surface area contributed by atoms with Gasteiger partial charge in [0.2, 0.25) is 15.9 Å². The molecule has 0 unspecified atom stereocenters. The van der Waals surface area contributed by atoms with E-state index in [0.717, 1.165) is 42.8 Å². The normalized spacial score (nSPS) is 31.6. The van der Waals surface area contributed by atoms with E-state index in [1.165, 1.54) is 11.1 Å². The van der Waals surface area contributed by atoms with Crippen molar-refractivity contribution in [3.05, 3.63) is 70.3 Å². The molecule has 5 aliphatic rings. The lowest BCUT2D eigenvalue weighted by atomic mass is 9.68. The predicted octanol–water partition coefficient (Wildman–Crippen LogP) is 5.13. The lowest BCUT2D eigenvalue weighted by Gasteiger charge is -2.46. The number of likely N-dealkylation sites (tertiary alicyclic amines) is 1. The lowest BCUT2D eigenvalue weighted by molar-refractivity contribution is -0.151. The molecule has 2 aromatic rings. The number of amides is 2. The van der Waals surface area contributed by atoms with Gasteiger partial charge in [0.15, 0.2) is 0 Å². The minimum atomic E-state index is -3.97. The molecule has 1 saturated heterocycles. The van der Waals surface area contributed by atoms with Gasteiger partial charge in [-0.3, -0.25) is 9.59 Å². The fourth-order valence-electron chi connectivity index (χ4n) is 8.37. The number of hydrogen-bond donors (Lipinski definition) is 1. The van der Waals surface area contributed by atoms with Crippen LogP contribution in [0.1, 0.15) is 67.4 Å². The van der Waals surface area contributed by atoms with Crippen LogP contribution in [0.25, 0.3) is 0 Å². The average molecular weight is 726 g/mol. The summed E-state index contributed by atoms with van der Waals surface area (Å²) in [4.78, 5) is 30.6. The fraction of sp³-hybridized carbons (Fsp3) is 0.579. The molecule has 270 valence electrons. The van der Waals surface area contributed by atoms with Crippen LogP contribution in [0.15, 0.2) is 48.6 Å². The van der Waals surface area contributed by atoms with E-state index >= 15 is 0 Å². The summed E-state index contributed by atoms with van der Waals surface area (Å²) in [6, 6.07) is 11.4. The van der Waals surface area contributed by atoms with Gasteiger partial charge in [0.05, 0.1) is 29.8 Å². The second-order valence-corrected chi connectivity index (χ2v) is 17.5. The summed E-state index contributed by atoms with van der Waals surface area (Å²) >= 11 is 6.45. The van der Waals surface area contributed by atoms with Crippen LogP contribution in [0, 0.1) is 17.8 Å². The number of anilines is 1. The first-order valence-corrected chi connectivity index (χ1v) is 19.8. The molecule has 2 aliphatic carbocycles. The van der Waals surface area contributed by atoms with Crippen molar-refractivity contribution in [3.8, 4) is 5.75 Å². The molecular formula is C38H48ClN3O7S. The standard InChI is InChI=1S/C38H48ClN3O7S/c1-24-6-4-8-34(48-21-36(43)41-19-30(20-41)47-3)31-12-9-28(31)18-42-22-38(15-5-7-26-16-29(39)11-13-32(26)38)23-49-35-14-10-27(17-33(35)42)37(44)40-50(45,46)25(24)2/h4,8,10-11,13-14,16-17,24-25,28,30-31,34H,5-7,9,12,15,18-23H2,1-3H3,(H,40,44)/b8-4-/t24-,25+,28-,31+,34-,38-/m0/s1. The summed E-state index contributed by atoms with van der Waals surface area (Å²) < 4.78 is 47.6. The first-order valence-electron chi connectivity index (χ1n) is 17.9. The molecular weight excluding hydrogens is 678 g/mol. The summed E-state index contributed by atoms with van der Waals surface area (Å²) in [5.41, 5.74) is 3.24. The van der Waals surface area contributed by atoms with Gasteiger partial charge in [0.1, 0.15) is 12.4 Å². The fourth-order valence-corrected chi connectivity index (χ4v) is 9.85. The van der Waals surface area contributed by atoms with E-state index in [0.29, 0.717) is 45.0 Å². The molecule has 3 aliphatic heterocycles. The van der Waals surface area contributed by atoms with Crippen LogP contribution < -0.4 is 14.4 Å². The largest absolute Gasteiger partial charge is 0.490 e. The molecule has 2 bridgehead atoms. The van der Waals surface area contributed by atoms with E-state index in [1.54, 1.807) is 37.1 Å². The molecule has 10 nitrogen and oxygen atoms in total. The molecule has 0 radical (unpaired) electrons. The van der Waals surface area contributed by atoms with Gasteiger partial charge in [-0.2, -0.15) is 0 Å². The van der Waals surface area contributed by atoms with Crippen LogP contribution >= 0.6 is 11.6 Å². The number of carbonyl (C=O) groups excluding carboxylic acids is 2. The number of benzene rings is 2. The smallest absolute Gasteiger partial charge is 0.264 e. The summed E-state index contributed by atoms with van der Waals surface area (Å²) in [7, 11) is -2.32. The zero-order chi connectivity index (χ0) is 35.2. The maximum Gasteiger partial charge on any atom is 0.264 e. The number of ether oxygens (including phenoxy) is 3. The molecule has 7 rings (SSSR count). The predicted molar refractivity (Wildman–Crippen MR) is 192 cm³/mol. The number of nitrogens with one attached hydrogen (secondary N) is 1. The van der Waals surface area contributed by atoms with E-state index in [2.05, 4.69) is 21.8 Å². The van der Waals surface area contributed by atoms with Gasteiger partial charge in [-0.15, -0.1) is 0 Å². The van der Waals surface area contributed by atoms with Gasteiger partial charge in [-0.05, 0) is 105 Å². The highest BCUT2D eigenvalue weighted by molar-refractivity contribution is 7.90. The number of aryl methyl sites for hydroxylation is 1. The summed E-state index contributed by atoms with van der Waals surface area (Å²) in [5, 5.41) is -0.0950. The van der Waals surface area contributed by atoms with Crippen molar-refractivity contribution < 1.29 is 32.2 Å². The van der Waals surface area contributed by atoms with Crippen LogP contribution in [-0.2, 0) is 36.1 Å². The van der Waals surface area contributed by atoms with Crippen LogP contribution in [0.5, 0.6) is 5.75 Å². The van der Waals surface area contributed by atoms with Gasteiger partial charge in [0.25, 0.3) is 5.91 Å². The number of carbonyl (C=O) groups is 2. The van der Waals surface area contributed by atoms with Gasteiger partial charge in [-0.1, -0.05) is 36.7 Å². The third-order valence-corrected chi connectivity index (χ3v) is 14.1. The average Bonchev–Trinajstić information content (AvgIpc) is 3.20. The van der Waals surface area contributed by atoms with Crippen molar-refractivity contribution in [2.24, 2.45) is 17.8 Å². The highest BCUT2D eigenvalue weighted by Gasteiger charge is 2.45. The number of allylic oxidation sites excluding steroid dienone is 1. The van der Waals surface area contributed by atoms with Crippen molar-refractivity contribution >= 4 is 39.1 Å². The summed E-state index contributed by atoms with van der Waals surface area (Å²) in [5.74, 6) is 0.131. The highest BCUT2D eigenvalue weighted by Crippen LogP contribution is 2.47. The number of rotatable bonds is 4. The maximum absolute atomic E-state index is 13.5. The molecule has 12 heteroatoms. The van der Waals surface area contributed by atoms with Crippen LogP contribution in [0.2, 0.25) is 5.02 Å². The van der Waals surface area contributed by atoms with Crippen molar-refractivity contribution in [1.82, 2.24) is 9.62 Å². The SMILES string of the molecule is COC1CN(C(=O)CO[C@H]2/C=C\C[C@H](C)[C@@H](C)S(=O)(=O)NC(=O)c3ccc4c(c3)N(C[C@@H]3CC[C@H]32)C[C@@]2(CCCc3cc(Cl)ccc32)CO4)C1. The van der Waals surface area contributed by atoms with Crippen LogP contribution in [0.3, 0.4) is 0 Å². The van der Waals surface area contributed by atoms with E-state index in [1.807, 2.05) is 25.1 Å². The Morgan fingerprint density at radius 1 is 1.12 bits per heavy atom. The molecule has 2 fully saturated rings. The van der Waals surface area contributed by atoms with Gasteiger partial charge in [0, 0.05) is 49.3 Å². The van der Waals surface area contributed by atoms with Crippen molar-refractivity contribution in [3.63, 3.8) is 0 Å². The number of halogens is 1. The van der Waals surface area contributed by atoms with Crippen molar-refractivity contribution in [2.45, 2.75) is 75.2 Å². The molecule has 2 amide bonds. The molecule has 3 heterocycles. The quantitative estimate of drug-likeness (QED) is 0.432. The minimum Gasteiger partial charge on any atom is -0.490 e.